The van der Waals surface area contributed by atoms with Crippen LogP contribution >= 0.6 is 0 Å². The Labute approximate surface area is 126 Å². The number of aromatic nitrogens is 1. The van der Waals surface area contributed by atoms with E-state index in [0.717, 1.165) is 29.2 Å². The van der Waals surface area contributed by atoms with E-state index in [1.807, 2.05) is 37.5 Å². The molecule has 2 aromatic rings. The molecule has 1 unspecified atom stereocenters. The number of nitrogens with one attached hydrogen (secondary N) is 1. The summed E-state index contributed by atoms with van der Waals surface area (Å²) in [5.41, 5.74) is 3.31. The van der Waals surface area contributed by atoms with Gasteiger partial charge in [0.1, 0.15) is 11.5 Å². The number of hydrogen-bond donors (Lipinski definition) is 1. The third-order valence-electron chi connectivity index (χ3n) is 3.62. The number of rotatable bonds is 6. The van der Waals surface area contributed by atoms with E-state index < -0.39 is 0 Å². The summed E-state index contributed by atoms with van der Waals surface area (Å²) in [5.74, 6) is 1.57. The Hall–Kier alpha value is -2.07. The molecule has 0 radical (unpaired) electrons. The van der Waals surface area contributed by atoms with Gasteiger partial charge in [-0.25, -0.2) is 0 Å². The standard InChI is InChI=1S/C17H22N2O2/c1-5-12-7-6-10-19-16(12)17(18-2)14-9-8-13(20-3)11-15(14)21-4/h6-11,17-18H,5H2,1-4H3. The topological polar surface area (TPSA) is 43.4 Å². The van der Waals surface area contributed by atoms with Gasteiger partial charge in [-0.3, -0.25) is 4.98 Å². The maximum Gasteiger partial charge on any atom is 0.127 e. The van der Waals surface area contributed by atoms with Crippen LogP contribution in [0.25, 0.3) is 0 Å². The predicted octanol–water partition coefficient (Wildman–Crippen LogP) is 2.97. The number of methoxy groups -OCH3 is 2. The van der Waals surface area contributed by atoms with E-state index in [1.54, 1.807) is 14.2 Å². The fourth-order valence-corrected chi connectivity index (χ4v) is 2.51. The highest BCUT2D eigenvalue weighted by molar-refractivity contribution is 5.46. The second-order valence-electron chi connectivity index (χ2n) is 4.73. The highest BCUT2D eigenvalue weighted by Crippen LogP contribution is 2.33. The second kappa shape index (κ2) is 7.09. The summed E-state index contributed by atoms with van der Waals surface area (Å²) in [6, 6.07) is 9.93. The molecule has 1 aromatic heterocycles. The van der Waals surface area contributed by atoms with Crippen molar-refractivity contribution in [2.24, 2.45) is 0 Å². The summed E-state index contributed by atoms with van der Waals surface area (Å²) in [5, 5.41) is 3.34. The lowest BCUT2D eigenvalue weighted by molar-refractivity contribution is 0.388. The zero-order chi connectivity index (χ0) is 15.2. The third-order valence-corrected chi connectivity index (χ3v) is 3.62. The maximum absolute atomic E-state index is 5.52. The Balaban J connectivity index is 2.51. The molecular formula is C17H22N2O2. The first-order valence-corrected chi connectivity index (χ1v) is 7.08. The molecule has 1 aromatic carbocycles. The van der Waals surface area contributed by atoms with Gasteiger partial charge in [0.2, 0.25) is 0 Å². The molecule has 2 rings (SSSR count). The SMILES string of the molecule is CCc1cccnc1C(NC)c1ccc(OC)cc1OC. The first-order valence-electron chi connectivity index (χ1n) is 7.08. The Bertz CT molecular complexity index is 599. The average Bonchev–Trinajstić information content (AvgIpc) is 2.56. The van der Waals surface area contributed by atoms with Crippen LogP contribution in [0.4, 0.5) is 0 Å². The minimum absolute atomic E-state index is 0.0120. The third kappa shape index (κ3) is 3.16. The molecule has 0 aliphatic rings. The lowest BCUT2D eigenvalue weighted by atomic mass is 9.97. The molecule has 0 amide bonds. The minimum Gasteiger partial charge on any atom is -0.497 e. The molecule has 0 fully saturated rings. The van der Waals surface area contributed by atoms with Crippen LogP contribution < -0.4 is 14.8 Å². The van der Waals surface area contributed by atoms with Crippen LogP contribution in [-0.2, 0) is 6.42 Å². The van der Waals surface area contributed by atoms with Gasteiger partial charge in [0.25, 0.3) is 0 Å². The van der Waals surface area contributed by atoms with Crippen LogP contribution in [0.5, 0.6) is 11.5 Å². The van der Waals surface area contributed by atoms with E-state index in [9.17, 15) is 0 Å². The normalized spacial score (nSPS) is 12.0. The number of hydrogen-bond acceptors (Lipinski definition) is 4. The van der Waals surface area contributed by atoms with Gasteiger partial charge in [0, 0.05) is 17.8 Å². The number of pyridine rings is 1. The van der Waals surface area contributed by atoms with Crippen LogP contribution in [0.1, 0.15) is 29.8 Å². The fourth-order valence-electron chi connectivity index (χ4n) is 2.51. The molecule has 21 heavy (non-hydrogen) atoms. The van der Waals surface area contributed by atoms with E-state index in [4.69, 9.17) is 9.47 Å². The van der Waals surface area contributed by atoms with Crippen molar-refractivity contribution in [3.8, 4) is 11.5 Å². The molecule has 0 saturated carbocycles. The zero-order valence-electron chi connectivity index (χ0n) is 13.0. The monoisotopic (exact) mass is 286 g/mol. The lowest BCUT2D eigenvalue weighted by Crippen LogP contribution is -2.21. The van der Waals surface area contributed by atoms with Crippen molar-refractivity contribution >= 4 is 0 Å². The van der Waals surface area contributed by atoms with Crippen molar-refractivity contribution in [2.75, 3.05) is 21.3 Å². The first-order chi connectivity index (χ1) is 10.2. The van der Waals surface area contributed by atoms with Crippen LogP contribution in [0.15, 0.2) is 36.5 Å². The summed E-state index contributed by atoms with van der Waals surface area (Å²) in [6.45, 7) is 2.14. The van der Waals surface area contributed by atoms with Crippen LogP contribution in [0.3, 0.4) is 0 Å². The Morgan fingerprint density at radius 1 is 1.19 bits per heavy atom. The summed E-state index contributed by atoms with van der Waals surface area (Å²) in [7, 11) is 5.25. The van der Waals surface area contributed by atoms with E-state index in [2.05, 4.69) is 23.3 Å². The summed E-state index contributed by atoms with van der Waals surface area (Å²) < 4.78 is 10.8. The molecule has 4 nitrogen and oxygen atoms in total. The smallest absolute Gasteiger partial charge is 0.127 e. The van der Waals surface area contributed by atoms with Crippen molar-refractivity contribution in [3.63, 3.8) is 0 Å². The summed E-state index contributed by atoms with van der Waals surface area (Å²) in [6.07, 6.45) is 2.77. The van der Waals surface area contributed by atoms with Crippen LogP contribution in [0, 0.1) is 0 Å². The van der Waals surface area contributed by atoms with Crippen molar-refractivity contribution in [1.29, 1.82) is 0 Å². The van der Waals surface area contributed by atoms with Crippen LogP contribution in [0.2, 0.25) is 0 Å². The van der Waals surface area contributed by atoms with Gasteiger partial charge in [-0.15, -0.1) is 0 Å². The van der Waals surface area contributed by atoms with Gasteiger partial charge in [-0.1, -0.05) is 13.0 Å². The molecule has 1 heterocycles. The van der Waals surface area contributed by atoms with Crippen LogP contribution in [-0.4, -0.2) is 26.3 Å². The number of aryl methyl sites for hydroxylation is 1. The summed E-state index contributed by atoms with van der Waals surface area (Å²) in [4.78, 5) is 4.57. The molecule has 0 bridgehead atoms. The molecule has 112 valence electrons. The highest BCUT2D eigenvalue weighted by Gasteiger charge is 2.20. The van der Waals surface area contributed by atoms with E-state index in [-0.39, 0.29) is 6.04 Å². The van der Waals surface area contributed by atoms with E-state index >= 15 is 0 Å². The van der Waals surface area contributed by atoms with Gasteiger partial charge in [-0.2, -0.15) is 0 Å². The molecule has 1 N–H and O–H groups in total. The maximum atomic E-state index is 5.52. The zero-order valence-corrected chi connectivity index (χ0v) is 13.0. The Kier molecular flexibility index (Phi) is 5.17. The molecule has 0 spiro atoms. The number of ether oxygens (including phenoxy) is 2. The molecule has 0 aliphatic heterocycles. The molecule has 1 atom stereocenters. The lowest BCUT2D eigenvalue weighted by Gasteiger charge is -2.21. The van der Waals surface area contributed by atoms with E-state index in [1.165, 1.54) is 5.56 Å². The summed E-state index contributed by atoms with van der Waals surface area (Å²) >= 11 is 0. The van der Waals surface area contributed by atoms with E-state index in [0.29, 0.717) is 0 Å². The fraction of sp³-hybridized carbons (Fsp3) is 0.353. The van der Waals surface area contributed by atoms with Gasteiger partial charge < -0.3 is 14.8 Å². The van der Waals surface area contributed by atoms with Crippen molar-refractivity contribution in [3.05, 3.63) is 53.3 Å². The highest BCUT2D eigenvalue weighted by atomic mass is 16.5. The largest absolute Gasteiger partial charge is 0.497 e. The average molecular weight is 286 g/mol. The molecule has 0 aliphatic carbocycles. The second-order valence-corrected chi connectivity index (χ2v) is 4.73. The first kappa shape index (κ1) is 15.3. The number of benzene rings is 1. The van der Waals surface area contributed by atoms with Crippen molar-refractivity contribution in [2.45, 2.75) is 19.4 Å². The number of nitrogens with zero attached hydrogens (tertiary/aromatic N) is 1. The predicted molar refractivity (Wildman–Crippen MR) is 84.1 cm³/mol. The molecular weight excluding hydrogens is 264 g/mol. The van der Waals surface area contributed by atoms with Gasteiger partial charge in [0.15, 0.2) is 0 Å². The quantitative estimate of drug-likeness (QED) is 0.886. The molecule has 0 saturated heterocycles. The Morgan fingerprint density at radius 2 is 2.00 bits per heavy atom. The van der Waals surface area contributed by atoms with Crippen molar-refractivity contribution in [1.82, 2.24) is 10.3 Å². The van der Waals surface area contributed by atoms with Crippen molar-refractivity contribution < 1.29 is 9.47 Å². The van der Waals surface area contributed by atoms with Gasteiger partial charge in [-0.05, 0) is 37.2 Å². The molecule has 4 heteroatoms. The Morgan fingerprint density at radius 3 is 2.62 bits per heavy atom. The van der Waals surface area contributed by atoms with Gasteiger partial charge >= 0.3 is 0 Å². The minimum atomic E-state index is -0.0120. The van der Waals surface area contributed by atoms with Gasteiger partial charge in [0.05, 0.1) is 26.0 Å².